The Kier molecular flexibility index (Phi) is 8.69. The summed E-state index contributed by atoms with van der Waals surface area (Å²) in [6.45, 7) is 1.96. The van der Waals surface area contributed by atoms with Gasteiger partial charge >= 0.3 is 18.2 Å². The second-order valence-corrected chi connectivity index (χ2v) is 7.75. The summed E-state index contributed by atoms with van der Waals surface area (Å²) in [5, 5.41) is 0. The minimum atomic E-state index is -5.47. The van der Waals surface area contributed by atoms with Crippen molar-refractivity contribution in [2.24, 2.45) is 0 Å². The second-order valence-electron chi connectivity index (χ2n) is 7.75. The van der Waals surface area contributed by atoms with Gasteiger partial charge in [-0.3, -0.25) is 0 Å². The summed E-state index contributed by atoms with van der Waals surface area (Å²) in [5.74, 6) is -33.3. The lowest BCUT2D eigenvalue weighted by Crippen LogP contribution is -2.28. The van der Waals surface area contributed by atoms with Crippen LogP contribution in [0, 0.1) is 58.2 Å². The predicted molar refractivity (Wildman–Crippen MR) is 108 cm³/mol. The van der Waals surface area contributed by atoms with Crippen LogP contribution in [0.25, 0.3) is 0 Å². The van der Waals surface area contributed by atoms with Gasteiger partial charge in [-0.1, -0.05) is 6.58 Å². The minimum absolute atomic E-state index is 0.0290. The smallest absolute Gasteiger partial charge is 0.432 e. The molecule has 0 fully saturated rings. The van der Waals surface area contributed by atoms with Crippen LogP contribution in [0.2, 0.25) is 0 Å². The summed E-state index contributed by atoms with van der Waals surface area (Å²) < 4.78 is 207. The minimum Gasteiger partial charge on any atom is -0.458 e. The largest absolute Gasteiger partial charge is 0.458 e. The molecule has 3 rings (SSSR count). The number of esters is 1. The molecule has 0 heterocycles. The van der Waals surface area contributed by atoms with Gasteiger partial charge in [0, 0.05) is 12.1 Å². The molecule has 42 heavy (non-hydrogen) atoms. The number of hydrogen-bond donors (Lipinski definition) is 0. The van der Waals surface area contributed by atoms with Gasteiger partial charge in [0.15, 0.2) is 46.5 Å². The molecule has 18 heteroatoms. The zero-order chi connectivity index (χ0) is 31.9. The van der Waals surface area contributed by atoms with Crippen molar-refractivity contribution in [3.05, 3.63) is 106 Å². The highest BCUT2D eigenvalue weighted by Crippen LogP contribution is 2.41. The highest BCUT2D eigenvalue weighted by molar-refractivity contribution is 5.81. The molecule has 0 aliphatic heterocycles. The lowest BCUT2D eigenvalue weighted by molar-refractivity contribution is -0.193. The Morgan fingerprint density at radius 3 is 1.21 bits per heavy atom. The van der Waals surface area contributed by atoms with Crippen molar-refractivity contribution in [2.75, 3.05) is 0 Å². The summed E-state index contributed by atoms with van der Waals surface area (Å²) in [5.41, 5.74) is -6.35. The highest BCUT2D eigenvalue weighted by atomic mass is 19.3. The zero-order valence-electron chi connectivity index (χ0n) is 19.6. The molecular formula is C24H8F14O4. The van der Waals surface area contributed by atoms with Crippen molar-refractivity contribution >= 4 is 5.97 Å². The predicted octanol–water partition coefficient (Wildman–Crippen LogP) is 7.56. The number of benzene rings is 3. The number of carbonyl (C=O) groups excluding carboxylic acids is 1. The third kappa shape index (κ3) is 5.91. The molecule has 0 amide bonds. The summed E-state index contributed by atoms with van der Waals surface area (Å²) in [4.78, 5) is 11.3. The number of halogens is 14. The van der Waals surface area contributed by atoms with Gasteiger partial charge in [0.05, 0.1) is 0 Å². The van der Waals surface area contributed by atoms with E-state index in [2.05, 4.69) is 20.8 Å². The first-order valence-electron chi connectivity index (χ1n) is 10.4. The third-order valence-electron chi connectivity index (χ3n) is 4.98. The molecule has 3 aromatic rings. The number of ether oxygens (including phenoxy) is 3. The monoisotopic (exact) mass is 626 g/mol. The first kappa shape index (κ1) is 32.0. The van der Waals surface area contributed by atoms with E-state index in [0.717, 1.165) is 0 Å². The first-order chi connectivity index (χ1) is 19.3. The van der Waals surface area contributed by atoms with Crippen LogP contribution in [-0.2, 0) is 28.4 Å². The van der Waals surface area contributed by atoms with Gasteiger partial charge in [-0.25, -0.2) is 48.7 Å². The fourth-order valence-electron chi connectivity index (χ4n) is 3.16. The normalized spacial score (nSPS) is 11.9. The molecular weight excluding hydrogens is 618 g/mol. The van der Waals surface area contributed by atoms with E-state index >= 15 is 0 Å². The van der Waals surface area contributed by atoms with Crippen molar-refractivity contribution in [3.63, 3.8) is 0 Å². The molecule has 0 saturated carbocycles. The molecule has 0 spiro atoms. The Morgan fingerprint density at radius 1 is 0.595 bits per heavy atom. The number of rotatable bonds is 9. The average Bonchev–Trinajstić information content (AvgIpc) is 2.90. The number of carbonyl (C=O) groups is 1. The van der Waals surface area contributed by atoms with Gasteiger partial charge in [-0.15, -0.1) is 0 Å². The van der Waals surface area contributed by atoms with Crippen molar-refractivity contribution in [1.82, 2.24) is 0 Å². The Hall–Kier alpha value is -4.51. The maximum absolute atomic E-state index is 14.7. The number of hydrogen-bond acceptors (Lipinski definition) is 4. The van der Waals surface area contributed by atoms with Crippen LogP contribution in [0.15, 0.2) is 30.9 Å². The van der Waals surface area contributed by atoms with Crippen molar-refractivity contribution in [2.45, 2.75) is 18.8 Å². The molecule has 3 aromatic carbocycles. The highest BCUT2D eigenvalue weighted by Gasteiger charge is 2.47. The van der Waals surface area contributed by atoms with E-state index in [4.69, 9.17) is 0 Å². The molecule has 226 valence electrons. The van der Waals surface area contributed by atoms with E-state index < -0.39 is 111 Å². The number of alkyl halides is 4. The molecule has 0 aliphatic carbocycles. The summed E-state index contributed by atoms with van der Waals surface area (Å²) in [7, 11) is 0. The van der Waals surface area contributed by atoms with Crippen molar-refractivity contribution < 1.29 is 80.5 Å². The maximum atomic E-state index is 14.7. The summed E-state index contributed by atoms with van der Waals surface area (Å²) in [6.07, 6.45) is -10.4. The van der Waals surface area contributed by atoms with Crippen LogP contribution in [0.5, 0.6) is 11.5 Å². The SMILES string of the molecule is C=CC(=O)OCc1cc(OC(F)(F)c2c(F)c(F)c(F)c(F)c2F)cc(OC(F)(F)c2c(F)c(F)c(F)c(F)c2F)c1. The molecule has 0 aromatic heterocycles. The van der Waals surface area contributed by atoms with Gasteiger partial charge < -0.3 is 14.2 Å². The average molecular weight is 626 g/mol. The standard InChI is InChI=1S/C24H8F14O4/c1-2-10(39)40-6-7-3-8(41-23(35,36)11-13(25)17(29)21(33)18(30)14(11)26)5-9(4-7)42-24(37,38)12-15(27)19(31)22(34)20(32)16(12)28/h2-5H,1,6H2. The Bertz CT molecular complexity index is 1430. The van der Waals surface area contributed by atoms with E-state index in [-0.39, 0.29) is 6.07 Å². The van der Waals surface area contributed by atoms with Crippen LogP contribution in [0.4, 0.5) is 61.5 Å². The van der Waals surface area contributed by atoms with Crippen LogP contribution in [0.1, 0.15) is 16.7 Å². The van der Waals surface area contributed by atoms with Crippen molar-refractivity contribution in [3.8, 4) is 11.5 Å². The maximum Gasteiger partial charge on any atom is 0.432 e. The van der Waals surface area contributed by atoms with Gasteiger partial charge in [-0.2, -0.15) is 17.6 Å². The topological polar surface area (TPSA) is 44.8 Å². The Morgan fingerprint density at radius 2 is 0.905 bits per heavy atom. The summed E-state index contributed by atoms with van der Waals surface area (Å²) in [6, 6.07) is 0.720. The fourth-order valence-corrected chi connectivity index (χ4v) is 3.16. The fraction of sp³-hybridized carbons (Fsp3) is 0.125. The first-order valence-corrected chi connectivity index (χ1v) is 10.4. The van der Waals surface area contributed by atoms with Crippen LogP contribution in [0.3, 0.4) is 0 Å². The molecule has 0 unspecified atom stereocenters. The van der Waals surface area contributed by atoms with Crippen LogP contribution < -0.4 is 9.47 Å². The van der Waals surface area contributed by atoms with Gasteiger partial charge in [0.2, 0.25) is 11.6 Å². The molecule has 0 saturated heterocycles. The van der Waals surface area contributed by atoms with Crippen LogP contribution >= 0.6 is 0 Å². The molecule has 0 radical (unpaired) electrons. The van der Waals surface area contributed by atoms with Gasteiger partial charge in [-0.05, 0) is 17.7 Å². The zero-order valence-corrected chi connectivity index (χ0v) is 19.6. The van der Waals surface area contributed by atoms with Crippen molar-refractivity contribution in [1.29, 1.82) is 0 Å². The molecule has 0 atom stereocenters. The third-order valence-corrected chi connectivity index (χ3v) is 4.98. The molecule has 4 nitrogen and oxygen atoms in total. The molecule has 0 bridgehead atoms. The Labute approximate surface area is 223 Å². The second kappa shape index (κ2) is 11.4. The van der Waals surface area contributed by atoms with Gasteiger partial charge in [0.1, 0.15) is 29.2 Å². The van der Waals surface area contributed by atoms with E-state index in [1.54, 1.807) is 0 Å². The van der Waals surface area contributed by atoms with Gasteiger partial charge in [0.25, 0.3) is 0 Å². The van der Waals surface area contributed by atoms with Crippen LogP contribution in [-0.4, -0.2) is 5.97 Å². The quantitative estimate of drug-likeness (QED) is 0.0809. The van der Waals surface area contributed by atoms with E-state index in [0.29, 0.717) is 18.2 Å². The Balaban J connectivity index is 2.13. The van der Waals surface area contributed by atoms with E-state index in [9.17, 15) is 66.3 Å². The summed E-state index contributed by atoms with van der Waals surface area (Å²) >= 11 is 0. The van der Waals surface area contributed by atoms with E-state index in [1.807, 2.05) is 0 Å². The molecule has 0 aliphatic rings. The van der Waals surface area contributed by atoms with E-state index in [1.165, 1.54) is 0 Å². The molecule has 0 N–H and O–H groups in total. The lowest BCUT2D eigenvalue weighted by atomic mass is 10.1. The lowest BCUT2D eigenvalue weighted by Gasteiger charge is -2.23.